The topological polar surface area (TPSA) is 38.2 Å². The van der Waals surface area contributed by atoms with Gasteiger partial charge in [0.1, 0.15) is 12.3 Å². The summed E-state index contributed by atoms with van der Waals surface area (Å²) in [6.07, 6.45) is 5.70. The lowest BCUT2D eigenvalue weighted by Gasteiger charge is -2.25. The first-order valence-corrected chi connectivity index (χ1v) is 6.27. The summed E-state index contributed by atoms with van der Waals surface area (Å²) in [6.45, 7) is 1.54. The largest absolute Gasteiger partial charge is 0.474 e. The normalized spacial score (nSPS) is 14.3. The number of ether oxygens (including phenoxy) is 1. The second-order valence-electron chi connectivity index (χ2n) is 4.43. The molecule has 0 radical (unpaired) electrons. The van der Waals surface area contributed by atoms with E-state index in [0.717, 1.165) is 17.8 Å². The van der Waals surface area contributed by atoms with Crippen molar-refractivity contribution in [3.63, 3.8) is 0 Å². The lowest BCUT2D eigenvalue weighted by molar-refractivity contribution is 0.298. The van der Waals surface area contributed by atoms with E-state index >= 15 is 0 Å². The summed E-state index contributed by atoms with van der Waals surface area (Å²) in [7, 11) is 2.02. The van der Waals surface area contributed by atoms with Gasteiger partial charge in [0.2, 0.25) is 5.88 Å². The van der Waals surface area contributed by atoms with Crippen molar-refractivity contribution >= 4 is 17.8 Å². The first-order valence-electron chi connectivity index (χ1n) is 6.27. The van der Waals surface area contributed by atoms with Gasteiger partial charge in [0.15, 0.2) is 5.82 Å². The molecule has 0 N–H and O–H groups in total. The smallest absolute Gasteiger partial charge is 0.241 e. The van der Waals surface area contributed by atoms with Gasteiger partial charge in [-0.3, -0.25) is 0 Å². The zero-order valence-corrected chi connectivity index (χ0v) is 10.8. The summed E-state index contributed by atoms with van der Waals surface area (Å²) in [5.41, 5.74) is 2.07. The molecule has 1 aromatic carbocycles. The Labute approximate surface area is 112 Å². The Morgan fingerprint density at radius 1 is 1.21 bits per heavy atom. The molecule has 0 fully saturated rings. The highest BCUT2D eigenvalue weighted by Crippen LogP contribution is 2.27. The number of hydrogen-bond acceptors (Lipinski definition) is 4. The summed E-state index contributed by atoms with van der Waals surface area (Å²) < 4.78 is 5.56. The summed E-state index contributed by atoms with van der Waals surface area (Å²) in [5.74, 6) is 1.33. The van der Waals surface area contributed by atoms with Crippen LogP contribution in [0.3, 0.4) is 0 Å². The predicted octanol–water partition coefficient (Wildman–Crippen LogP) is 2.48. The maximum atomic E-state index is 5.56. The molecule has 0 bridgehead atoms. The van der Waals surface area contributed by atoms with Crippen molar-refractivity contribution in [1.29, 1.82) is 0 Å². The fourth-order valence-corrected chi connectivity index (χ4v) is 1.96. The Kier molecular flexibility index (Phi) is 3.14. The SMILES string of the molecule is CN1CCOc2nc(/C=C/c3ccccc3)ncc21. The molecule has 4 heteroatoms. The van der Waals surface area contributed by atoms with E-state index in [1.807, 2.05) is 55.7 Å². The summed E-state index contributed by atoms with van der Waals surface area (Å²) >= 11 is 0. The molecule has 0 saturated heterocycles. The van der Waals surface area contributed by atoms with Crippen LogP contribution in [0.15, 0.2) is 36.5 Å². The molecule has 0 saturated carbocycles. The van der Waals surface area contributed by atoms with E-state index in [0.29, 0.717) is 18.3 Å². The van der Waals surface area contributed by atoms with Crippen molar-refractivity contribution in [2.24, 2.45) is 0 Å². The lowest BCUT2D eigenvalue weighted by Crippen LogP contribution is -2.29. The van der Waals surface area contributed by atoms with Gasteiger partial charge in [0.05, 0.1) is 12.7 Å². The molecule has 2 heterocycles. The minimum atomic E-state index is 0.663. The van der Waals surface area contributed by atoms with E-state index in [-0.39, 0.29) is 0 Å². The van der Waals surface area contributed by atoms with Crippen LogP contribution in [0.1, 0.15) is 11.4 Å². The van der Waals surface area contributed by atoms with Crippen molar-refractivity contribution in [3.8, 4) is 5.88 Å². The standard InChI is InChI=1S/C15H15N3O/c1-18-9-10-19-15-13(18)11-16-14(17-15)8-7-12-5-3-2-4-6-12/h2-8,11H,9-10H2,1H3/b8-7+. The Morgan fingerprint density at radius 3 is 2.89 bits per heavy atom. The van der Waals surface area contributed by atoms with E-state index in [4.69, 9.17) is 4.74 Å². The number of aromatic nitrogens is 2. The molecule has 0 amide bonds. The van der Waals surface area contributed by atoms with Crippen LogP contribution in [0.25, 0.3) is 12.2 Å². The molecule has 0 aliphatic carbocycles. The maximum absolute atomic E-state index is 5.56. The van der Waals surface area contributed by atoms with E-state index in [9.17, 15) is 0 Å². The van der Waals surface area contributed by atoms with Crippen LogP contribution in [0, 0.1) is 0 Å². The van der Waals surface area contributed by atoms with E-state index in [2.05, 4.69) is 14.9 Å². The number of anilines is 1. The second kappa shape index (κ2) is 5.10. The third-order valence-electron chi connectivity index (χ3n) is 3.06. The molecule has 1 aliphatic heterocycles. The van der Waals surface area contributed by atoms with Gasteiger partial charge in [0, 0.05) is 7.05 Å². The maximum Gasteiger partial charge on any atom is 0.241 e. The van der Waals surface area contributed by atoms with Crippen LogP contribution in [-0.4, -0.2) is 30.2 Å². The Hall–Kier alpha value is -2.36. The van der Waals surface area contributed by atoms with Gasteiger partial charge >= 0.3 is 0 Å². The number of likely N-dealkylation sites (N-methyl/N-ethyl adjacent to an activating group) is 1. The molecule has 0 unspecified atom stereocenters. The quantitative estimate of drug-likeness (QED) is 0.824. The minimum Gasteiger partial charge on any atom is -0.474 e. The molecular formula is C15H15N3O. The van der Waals surface area contributed by atoms with Crippen molar-refractivity contribution in [1.82, 2.24) is 9.97 Å². The Morgan fingerprint density at radius 2 is 2.05 bits per heavy atom. The molecule has 1 aliphatic rings. The molecule has 19 heavy (non-hydrogen) atoms. The average molecular weight is 253 g/mol. The Balaban J connectivity index is 1.85. The average Bonchev–Trinajstić information content (AvgIpc) is 2.46. The first-order chi connectivity index (χ1) is 9.33. The molecule has 4 nitrogen and oxygen atoms in total. The number of hydrogen-bond donors (Lipinski definition) is 0. The van der Waals surface area contributed by atoms with Crippen molar-refractivity contribution in [2.75, 3.05) is 25.1 Å². The number of benzene rings is 1. The second-order valence-corrected chi connectivity index (χ2v) is 4.43. The van der Waals surface area contributed by atoms with Gasteiger partial charge in [-0.1, -0.05) is 36.4 Å². The molecular weight excluding hydrogens is 238 g/mol. The van der Waals surface area contributed by atoms with Crippen LogP contribution in [-0.2, 0) is 0 Å². The molecule has 2 aromatic rings. The molecule has 1 aromatic heterocycles. The third kappa shape index (κ3) is 2.57. The van der Waals surface area contributed by atoms with Gasteiger partial charge in [-0.05, 0) is 11.6 Å². The van der Waals surface area contributed by atoms with Gasteiger partial charge in [-0.25, -0.2) is 4.98 Å². The van der Waals surface area contributed by atoms with Crippen molar-refractivity contribution in [3.05, 3.63) is 47.9 Å². The minimum absolute atomic E-state index is 0.663. The van der Waals surface area contributed by atoms with Crippen molar-refractivity contribution < 1.29 is 4.74 Å². The van der Waals surface area contributed by atoms with Crippen molar-refractivity contribution in [2.45, 2.75) is 0 Å². The summed E-state index contributed by atoms with van der Waals surface area (Å²) in [5, 5.41) is 0. The van der Waals surface area contributed by atoms with Crippen LogP contribution < -0.4 is 9.64 Å². The number of nitrogens with zero attached hydrogens (tertiary/aromatic N) is 3. The molecule has 96 valence electrons. The monoisotopic (exact) mass is 253 g/mol. The number of fused-ring (bicyclic) bond motifs is 1. The zero-order valence-electron chi connectivity index (χ0n) is 10.8. The van der Waals surface area contributed by atoms with Gasteiger partial charge in [-0.15, -0.1) is 0 Å². The lowest BCUT2D eigenvalue weighted by atomic mass is 10.2. The Bertz CT molecular complexity index is 596. The highest BCUT2D eigenvalue weighted by Gasteiger charge is 2.16. The first kappa shape index (κ1) is 11.7. The van der Waals surface area contributed by atoms with Crippen LogP contribution in [0.4, 0.5) is 5.69 Å². The van der Waals surface area contributed by atoms with E-state index in [1.54, 1.807) is 0 Å². The molecule has 0 spiro atoms. The summed E-state index contributed by atoms with van der Waals surface area (Å²) in [4.78, 5) is 10.9. The van der Waals surface area contributed by atoms with E-state index < -0.39 is 0 Å². The summed E-state index contributed by atoms with van der Waals surface area (Å²) in [6, 6.07) is 10.1. The highest BCUT2D eigenvalue weighted by molar-refractivity contribution is 5.67. The van der Waals surface area contributed by atoms with Crippen LogP contribution in [0.2, 0.25) is 0 Å². The van der Waals surface area contributed by atoms with Gasteiger partial charge < -0.3 is 9.64 Å². The predicted molar refractivity (Wildman–Crippen MR) is 76.2 cm³/mol. The van der Waals surface area contributed by atoms with E-state index in [1.165, 1.54) is 0 Å². The van der Waals surface area contributed by atoms with Crippen LogP contribution in [0.5, 0.6) is 5.88 Å². The number of rotatable bonds is 2. The fraction of sp³-hybridized carbons (Fsp3) is 0.200. The highest BCUT2D eigenvalue weighted by atomic mass is 16.5. The van der Waals surface area contributed by atoms with Gasteiger partial charge in [-0.2, -0.15) is 4.98 Å². The molecule has 0 atom stereocenters. The fourth-order valence-electron chi connectivity index (χ4n) is 1.96. The van der Waals surface area contributed by atoms with Gasteiger partial charge in [0.25, 0.3) is 0 Å². The van der Waals surface area contributed by atoms with Crippen LogP contribution >= 0.6 is 0 Å². The third-order valence-corrected chi connectivity index (χ3v) is 3.06. The molecule has 3 rings (SSSR count). The zero-order chi connectivity index (χ0) is 13.1.